The molecule has 2 saturated heterocycles. The third kappa shape index (κ3) is 3.96. The van der Waals surface area contributed by atoms with Crippen molar-refractivity contribution in [3.8, 4) is 0 Å². The van der Waals surface area contributed by atoms with E-state index < -0.39 is 0 Å². The summed E-state index contributed by atoms with van der Waals surface area (Å²) in [5, 5.41) is 2.09. The van der Waals surface area contributed by atoms with E-state index in [0.29, 0.717) is 31.9 Å². The summed E-state index contributed by atoms with van der Waals surface area (Å²) in [6.45, 7) is 3.78. The lowest BCUT2D eigenvalue weighted by Crippen LogP contribution is -2.45. The van der Waals surface area contributed by atoms with Crippen LogP contribution < -0.4 is 5.56 Å². The summed E-state index contributed by atoms with van der Waals surface area (Å²) >= 11 is 1.76. The highest BCUT2D eigenvalue weighted by Crippen LogP contribution is 2.31. The number of aromatic amines is 1. The largest absolute Gasteiger partial charge is 0.368 e. The van der Waals surface area contributed by atoms with Gasteiger partial charge in [-0.05, 0) is 50.0 Å². The second-order valence-corrected chi connectivity index (χ2v) is 9.49. The molecule has 2 aromatic rings. The minimum absolute atomic E-state index is 0.0409. The highest BCUT2D eigenvalue weighted by atomic mass is 32.1. The fraction of sp³-hybridized carbons (Fsp3) is 0.591. The molecule has 1 N–H and O–H groups in total. The molecule has 2 fully saturated rings. The number of amides is 1. The van der Waals surface area contributed by atoms with Crippen LogP contribution in [0.25, 0.3) is 0 Å². The van der Waals surface area contributed by atoms with Crippen molar-refractivity contribution in [2.75, 3.05) is 19.7 Å². The van der Waals surface area contributed by atoms with Crippen LogP contribution in [0.5, 0.6) is 0 Å². The van der Waals surface area contributed by atoms with Crippen molar-refractivity contribution >= 4 is 17.2 Å². The fourth-order valence-corrected chi connectivity index (χ4v) is 5.61. The molecule has 5 rings (SSSR count). The number of carbonyl (C=O) groups is 1. The number of hydrogen-bond donors (Lipinski definition) is 1. The smallest absolute Gasteiger partial charge is 0.254 e. The van der Waals surface area contributed by atoms with Crippen LogP contribution in [-0.2, 0) is 29.0 Å². The van der Waals surface area contributed by atoms with Crippen LogP contribution in [0.4, 0.5) is 0 Å². The SMILES string of the molecule is O=C([C@@H]1CCCO1)N1CCCC[C@@H]1c1nc2c(c(=O)[nH]1)CCN(Cc1cccs1)C2. The minimum atomic E-state index is -0.337. The van der Waals surface area contributed by atoms with Crippen molar-refractivity contribution in [2.24, 2.45) is 0 Å². The molecule has 2 atom stereocenters. The number of ether oxygens (including phenoxy) is 1. The molecule has 0 aliphatic carbocycles. The van der Waals surface area contributed by atoms with Crippen molar-refractivity contribution in [3.05, 3.63) is 49.8 Å². The average Bonchev–Trinajstić information content (AvgIpc) is 3.47. The molecular weight excluding hydrogens is 400 g/mol. The van der Waals surface area contributed by atoms with Crippen molar-refractivity contribution in [1.29, 1.82) is 0 Å². The predicted molar refractivity (Wildman–Crippen MR) is 114 cm³/mol. The Hall–Kier alpha value is -2.03. The second-order valence-electron chi connectivity index (χ2n) is 8.46. The Labute approximate surface area is 180 Å². The molecule has 0 saturated carbocycles. The summed E-state index contributed by atoms with van der Waals surface area (Å²) in [4.78, 5) is 39.4. The van der Waals surface area contributed by atoms with Gasteiger partial charge in [0.05, 0.1) is 11.7 Å². The molecule has 3 aliphatic heterocycles. The maximum Gasteiger partial charge on any atom is 0.254 e. The number of nitrogens with zero attached hydrogens (tertiary/aromatic N) is 3. The first-order valence-electron chi connectivity index (χ1n) is 11.0. The van der Waals surface area contributed by atoms with Gasteiger partial charge in [0.15, 0.2) is 0 Å². The number of likely N-dealkylation sites (tertiary alicyclic amines) is 1. The van der Waals surface area contributed by atoms with Gasteiger partial charge in [0.2, 0.25) is 0 Å². The quantitative estimate of drug-likeness (QED) is 0.810. The highest BCUT2D eigenvalue weighted by molar-refractivity contribution is 7.09. The summed E-state index contributed by atoms with van der Waals surface area (Å²) in [6.07, 6.45) is 4.95. The van der Waals surface area contributed by atoms with Gasteiger partial charge in [0.25, 0.3) is 11.5 Å². The normalized spacial score (nSPS) is 24.7. The number of thiophene rings is 1. The van der Waals surface area contributed by atoms with Crippen LogP contribution in [0.2, 0.25) is 0 Å². The molecule has 0 spiro atoms. The Kier molecular flexibility index (Phi) is 5.71. The molecule has 0 radical (unpaired) electrons. The Morgan fingerprint density at radius 1 is 1.27 bits per heavy atom. The van der Waals surface area contributed by atoms with Crippen molar-refractivity contribution in [1.82, 2.24) is 19.8 Å². The topological polar surface area (TPSA) is 78.5 Å². The third-order valence-corrected chi connectivity index (χ3v) is 7.30. The van der Waals surface area contributed by atoms with E-state index in [1.54, 1.807) is 11.3 Å². The molecule has 0 bridgehead atoms. The maximum absolute atomic E-state index is 13.1. The van der Waals surface area contributed by atoms with Gasteiger partial charge in [-0.1, -0.05) is 6.07 Å². The lowest BCUT2D eigenvalue weighted by Gasteiger charge is -2.37. The van der Waals surface area contributed by atoms with E-state index in [4.69, 9.17) is 9.72 Å². The minimum Gasteiger partial charge on any atom is -0.368 e. The van der Waals surface area contributed by atoms with E-state index in [2.05, 4.69) is 27.4 Å². The molecule has 160 valence electrons. The lowest BCUT2D eigenvalue weighted by atomic mass is 9.99. The van der Waals surface area contributed by atoms with Gasteiger partial charge in [-0.25, -0.2) is 4.98 Å². The van der Waals surface area contributed by atoms with Gasteiger partial charge < -0.3 is 14.6 Å². The zero-order valence-electron chi connectivity index (χ0n) is 17.1. The van der Waals surface area contributed by atoms with Crippen molar-refractivity contribution < 1.29 is 9.53 Å². The Balaban J connectivity index is 1.39. The number of aromatic nitrogens is 2. The van der Waals surface area contributed by atoms with Crippen molar-refractivity contribution in [2.45, 2.75) is 63.8 Å². The number of nitrogens with one attached hydrogen (secondary N) is 1. The first kappa shape index (κ1) is 19.9. The fourth-order valence-electron chi connectivity index (χ4n) is 4.87. The van der Waals surface area contributed by atoms with E-state index in [9.17, 15) is 9.59 Å². The van der Waals surface area contributed by atoms with Gasteiger partial charge in [-0.2, -0.15) is 0 Å². The Morgan fingerprint density at radius 3 is 3.00 bits per heavy atom. The van der Waals surface area contributed by atoms with E-state index in [1.807, 2.05) is 4.90 Å². The third-order valence-electron chi connectivity index (χ3n) is 6.44. The van der Waals surface area contributed by atoms with Gasteiger partial charge in [-0.3, -0.25) is 14.5 Å². The zero-order valence-corrected chi connectivity index (χ0v) is 18.0. The number of piperidine rings is 1. The maximum atomic E-state index is 13.1. The van der Waals surface area contributed by atoms with Crippen LogP contribution in [-0.4, -0.2) is 51.5 Å². The number of hydrogen-bond acceptors (Lipinski definition) is 6. The molecule has 7 nitrogen and oxygen atoms in total. The molecule has 3 aliphatic rings. The predicted octanol–water partition coefficient (Wildman–Crippen LogP) is 2.62. The molecule has 0 aromatic carbocycles. The van der Waals surface area contributed by atoms with Crippen LogP contribution in [0.1, 0.15) is 60.1 Å². The number of carbonyl (C=O) groups excluding carboxylic acids is 1. The van der Waals surface area contributed by atoms with Gasteiger partial charge in [0, 0.05) is 43.2 Å². The van der Waals surface area contributed by atoms with Crippen LogP contribution in [0.3, 0.4) is 0 Å². The highest BCUT2D eigenvalue weighted by Gasteiger charge is 2.36. The van der Waals surface area contributed by atoms with Gasteiger partial charge >= 0.3 is 0 Å². The zero-order chi connectivity index (χ0) is 20.5. The first-order valence-corrected chi connectivity index (χ1v) is 11.9. The van der Waals surface area contributed by atoms with Crippen LogP contribution in [0, 0.1) is 0 Å². The summed E-state index contributed by atoms with van der Waals surface area (Å²) in [7, 11) is 0. The van der Waals surface area contributed by atoms with E-state index >= 15 is 0 Å². The van der Waals surface area contributed by atoms with E-state index in [-0.39, 0.29) is 23.6 Å². The van der Waals surface area contributed by atoms with Gasteiger partial charge in [-0.15, -0.1) is 11.3 Å². The number of H-pyrrole nitrogens is 1. The Bertz CT molecular complexity index is 952. The number of fused-ring (bicyclic) bond motifs is 1. The Morgan fingerprint density at radius 2 is 2.20 bits per heavy atom. The standard InChI is InChI=1S/C22H28N4O3S/c27-21-16-8-10-25(13-15-5-4-12-30-15)14-17(16)23-20(24-21)18-6-1-2-9-26(18)22(28)19-7-3-11-29-19/h4-5,12,18-19H,1-3,6-11,13-14H2,(H,23,24,27)/t18-,19+/m1/s1. The summed E-state index contributed by atoms with van der Waals surface area (Å²) in [5.74, 6) is 0.694. The summed E-state index contributed by atoms with van der Waals surface area (Å²) in [6, 6.07) is 4.05. The molecule has 1 amide bonds. The van der Waals surface area contributed by atoms with E-state index in [1.165, 1.54) is 4.88 Å². The van der Waals surface area contributed by atoms with Crippen molar-refractivity contribution in [3.63, 3.8) is 0 Å². The number of rotatable bonds is 4. The monoisotopic (exact) mass is 428 g/mol. The second kappa shape index (κ2) is 8.61. The van der Waals surface area contributed by atoms with Gasteiger partial charge in [0.1, 0.15) is 11.9 Å². The molecule has 5 heterocycles. The van der Waals surface area contributed by atoms with Crippen LogP contribution >= 0.6 is 11.3 Å². The van der Waals surface area contributed by atoms with Crippen LogP contribution in [0.15, 0.2) is 22.3 Å². The molecule has 30 heavy (non-hydrogen) atoms. The molecule has 2 aromatic heterocycles. The lowest BCUT2D eigenvalue weighted by molar-refractivity contribution is -0.145. The first-order chi connectivity index (χ1) is 14.7. The molecule has 8 heteroatoms. The van der Waals surface area contributed by atoms with E-state index in [0.717, 1.165) is 56.5 Å². The molecular formula is C22H28N4O3S. The average molecular weight is 429 g/mol. The summed E-state index contributed by atoms with van der Waals surface area (Å²) < 4.78 is 5.64. The summed E-state index contributed by atoms with van der Waals surface area (Å²) in [5.41, 5.74) is 1.63. The molecule has 0 unspecified atom stereocenters.